The molecule has 3 rings (SSSR count). The highest BCUT2D eigenvalue weighted by Gasteiger charge is 2.09. The number of anilines is 1. The third kappa shape index (κ3) is 3.78. The molecule has 24 heavy (non-hydrogen) atoms. The van der Waals surface area contributed by atoms with Gasteiger partial charge in [-0.25, -0.2) is 4.98 Å². The first-order valence-corrected chi connectivity index (χ1v) is 8.40. The number of benzene rings is 1. The Labute approximate surface area is 144 Å². The molecular weight excluding hydrogens is 320 g/mol. The predicted octanol–water partition coefficient (Wildman–Crippen LogP) is 3.81. The Hall–Kier alpha value is -2.73. The largest absolute Gasteiger partial charge is 0.298 e. The molecule has 2 aromatic heterocycles. The molecule has 1 N–H and O–H groups in total. The van der Waals surface area contributed by atoms with Crippen molar-refractivity contribution in [1.29, 1.82) is 0 Å². The summed E-state index contributed by atoms with van der Waals surface area (Å²) in [7, 11) is 1.84. The number of carbonyl (C=O) groups is 1. The highest BCUT2D eigenvalue weighted by Crippen LogP contribution is 2.28. The minimum Gasteiger partial charge on any atom is -0.298 e. The van der Waals surface area contributed by atoms with Crippen LogP contribution in [0.1, 0.15) is 16.7 Å². The lowest BCUT2D eigenvalue weighted by atomic mass is 10.0. The number of hydrogen-bond donors (Lipinski definition) is 1. The van der Waals surface area contributed by atoms with Crippen molar-refractivity contribution in [1.82, 2.24) is 14.8 Å². The van der Waals surface area contributed by atoms with E-state index >= 15 is 0 Å². The Balaban J connectivity index is 1.70. The van der Waals surface area contributed by atoms with Gasteiger partial charge in [-0.05, 0) is 31.6 Å². The fraction of sp³-hybridized carbons (Fsp3) is 0.167. The number of carbonyl (C=O) groups excluding carboxylic acids is 1. The summed E-state index contributed by atoms with van der Waals surface area (Å²) < 4.78 is 1.69. The average molecular weight is 338 g/mol. The van der Waals surface area contributed by atoms with Crippen LogP contribution in [-0.4, -0.2) is 20.7 Å². The van der Waals surface area contributed by atoms with E-state index in [1.165, 1.54) is 28.5 Å². The maximum atomic E-state index is 12.0. The molecule has 3 aromatic rings. The first kappa shape index (κ1) is 16.1. The van der Waals surface area contributed by atoms with Crippen molar-refractivity contribution in [3.05, 3.63) is 58.7 Å². The number of rotatable bonds is 4. The predicted molar refractivity (Wildman–Crippen MR) is 97.9 cm³/mol. The summed E-state index contributed by atoms with van der Waals surface area (Å²) >= 11 is 1.42. The van der Waals surface area contributed by atoms with Crippen LogP contribution in [0.25, 0.3) is 17.3 Å². The summed E-state index contributed by atoms with van der Waals surface area (Å²) in [5.41, 5.74) is 5.21. The molecule has 6 heteroatoms. The smallest absolute Gasteiger partial charge is 0.250 e. The van der Waals surface area contributed by atoms with E-state index in [0.717, 1.165) is 16.8 Å². The third-order valence-corrected chi connectivity index (χ3v) is 4.31. The number of thiazole rings is 1. The van der Waals surface area contributed by atoms with Gasteiger partial charge in [-0.3, -0.25) is 14.8 Å². The van der Waals surface area contributed by atoms with E-state index in [0.29, 0.717) is 5.13 Å². The molecule has 0 unspecified atom stereocenters. The number of aromatic nitrogens is 3. The summed E-state index contributed by atoms with van der Waals surface area (Å²) in [5.74, 6) is -0.208. The SMILES string of the molecule is Cc1ccc(C)c(-c2csc(NC(=O)/C=C/c3cnn(C)c3)n2)c1. The topological polar surface area (TPSA) is 59.8 Å². The molecule has 0 bridgehead atoms. The average Bonchev–Trinajstić information content (AvgIpc) is 3.17. The first-order valence-electron chi connectivity index (χ1n) is 7.52. The summed E-state index contributed by atoms with van der Waals surface area (Å²) in [4.78, 5) is 16.5. The highest BCUT2D eigenvalue weighted by molar-refractivity contribution is 7.14. The van der Waals surface area contributed by atoms with E-state index in [-0.39, 0.29) is 5.91 Å². The number of nitrogens with one attached hydrogen (secondary N) is 1. The second-order valence-corrected chi connectivity index (χ2v) is 6.48. The molecule has 2 heterocycles. The fourth-order valence-electron chi connectivity index (χ4n) is 2.31. The van der Waals surface area contributed by atoms with E-state index in [2.05, 4.69) is 47.4 Å². The van der Waals surface area contributed by atoms with Gasteiger partial charge < -0.3 is 0 Å². The zero-order valence-electron chi connectivity index (χ0n) is 13.8. The van der Waals surface area contributed by atoms with Crippen molar-refractivity contribution in [2.45, 2.75) is 13.8 Å². The quantitative estimate of drug-likeness (QED) is 0.736. The second kappa shape index (κ2) is 6.80. The molecule has 0 atom stereocenters. The molecule has 0 aliphatic rings. The summed E-state index contributed by atoms with van der Waals surface area (Å²) in [6, 6.07) is 6.27. The summed E-state index contributed by atoms with van der Waals surface area (Å²) in [6.07, 6.45) is 6.75. The molecule has 1 aromatic carbocycles. The van der Waals surface area contributed by atoms with Crippen molar-refractivity contribution >= 4 is 28.5 Å². The molecule has 5 nitrogen and oxygen atoms in total. The molecule has 0 saturated carbocycles. The maximum Gasteiger partial charge on any atom is 0.250 e. The fourth-order valence-corrected chi connectivity index (χ4v) is 3.03. The first-order chi connectivity index (χ1) is 11.5. The number of hydrogen-bond acceptors (Lipinski definition) is 4. The lowest BCUT2D eigenvalue weighted by Gasteiger charge is -2.03. The Morgan fingerprint density at radius 1 is 1.33 bits per heavy atom. The maximum absolute atomic E-state index is 12.0. The van der Waals surface area contributed by atoms with Crippen LogP contribution in [0, 0.1) is 13.8 Å². The van der Waals surface area contributed by atoms with Crippen molar-refractivity contribution < 1.29 is 4.79 Å². The van der Waals surface area contributed by atoms with Gasteiger partial charge in [0.2, 0.25) is 5.91 Å². The van der Waals surface area contributed by atoms with Gasteiger partial charge in [-0.15, -0.1) is 11.3 Å². The Morgan fingerprint density at radius 2 is 2.17 bits per heavy atom. The van der Waals surface area contributed by atoms with Crippen LogP contribution in [0.5, 0.6) is 0 Å². The van der Waals surface area contributed by atoms with Gasteiger partial charge >= 0.3 is 0 Å². The van der Waals surface area contributed by atoms with Crippen LogP contribution in [0.15, 0.2) is 42.0 Å². The third-order valence-electron chi connectivity index (χ3n) is 3.56. The van der Waals surface area contributed by atoms with Gasteiger partial charge in [0.25, 0.3) is 0 Å². The van der Waals surface area contributed by atoms with Crippen LogP contribution in [0.2, 0.25) is 0 Å². The molecule has 0 saturated heterocycles. The van der Waals surface area contributed by atoms with Crippen LogP contribution in [0.4, 0.5) is 5.13 Å². The van der Waals surface area contributed by atoms with Gasteiger partial charge in [0.15, 0.2) is 5.13 Å². The molecule has 0 aliphatic carbocycles. The van der Waals surface area contributed by atoms with Gasteiger partial charge in [-0.1, -0.05) is 17.7 Å². The summed E-state index contributed by atoms with van der Waals surface area (Å²) in [6.45, 7) is 4.12. The Kier molecular flexibility index (Phi) is 4.57. The molecular formula is C18H18N4OS. The van der Waals surface area contributed by atoms with Crippen molar-refractivity contribution in [2.24, 2.45) is 7.05 Å². The van der Waals surface area contributed by atoms with Crippen molar-refractivity contribution in [3.8, 4) is 11.3 Å². The lowest BCUT2D eigenvalue weighted by Crippen LogP contribution is -2.07. The molecule has 0 spiro atoms. The van der Waals surface area contributed by atoms with Crippen LogP contribution in [-0.2, 0) is 11.8 Å². The lowest BCUT2D eigenvalue weighted by molar-refractivity contribution is -0.111. The summed E-state index contributed by atoms with van der Waals surface area (Å²) in [5, 5.41) is 9.40. The van der Waals surface area contributed by atoms with E-state index in [4.69, 9.17) is 0 Å². The molecule has 0 fully saturated rings. The van der Waals surface area contributed by atoms with Gasteiger partial charge in [0.1, 0.15) is 0 Å². The monoisotopic (exact) mass is 338 g/mol. The Bertz CT molecular complexity index is 907. The zero-order valence-corrected chi connectivity index (χ0v) is 14.6. The number of nitrogens with zero attached hydrogens (tertiary/aromatic N) is 3. The minimum atomic E-state index is -0.208. The van der Waals surface area contributed by atoms with Gasteiger partial charge in [0, 0.05) is 35.8 Å². The number of amides is 1. The highest BCUT2D eigenvalue weighted by atomic mass is 32.1. The standard InChI is InChI=1S/C18H18N4OS/c1-12-4-5-13(2)15(8-12)16-11-24-18(20-16)21-17(23)7-6-14-9-19-22(3)10-14/h4-11H,1-3H3,(H,20,21,23)/b7-6+. The van der Waals surface area contributed by atoms with E-state index < -0.39 is 0 Å². The van der Waals surface area contributed by atoms with Gasteiger partial charge in [0.05, 0.1) is 11.9 Å². The Morgan fingerprint density at radius 3 is 2.92 bits per heavy atom. The van der Waals surface area contributed by atoms with Crippen molar-refractivity contribution in [3.63, 3.8) is 0 Å². The zero-order chi connectivity index (χ0) is 17.1. The second-order valence-electron chi connectivity index (χ2n) is 5.63. The molecule has 122 valence electrons. The molecule has 0 aliphatic heterocycles. The van der Waals surface area contributed by atoms with E-state index in [9.17, 15) is 4.79 Å². The minimum absolute atomic E-state index is 0.208. The molecule has 0 radical (unpaired) electrons. The normalized spacial score (nSPS) is 11.1. The van der Waals surface area contributed by atoms with E-state index in [1.54, 1.807) is 17.0 Å². The van der Waals surface area contributed by atoms with Crippen LogP contribution >= 0.6 is 11.3 Å². The van der Waals surface area contributed by atoms with Crippen LogP contribution < -0.4 is 5.32 Å². The van der Waals surface area contributed by atoms with Crippen LogP contribution in [0.3, 0.4) is 0 Å². The number of aryl methyl sites for hydroxylation is 3. The van der Waals surface area contributed by atoms with Gasteiger partial charge in [-0.2, -0.15) is 5.10 Å². The molecule has 1 amide bonds. The van der Waals surface area contributed by atoms with E-state index in [1.807, 2.05) is 18.6 Å². The van der Waals surface area contributed by atoms with Crippen molar-refractivity contribution in [2.75, 3.05) is 5.32 Å².